The van der Waals surface area contributed by atoms with E-state index in [9.17, 15) is 9.59 Å². The minimum absolute atomic E-state index is 0.0346. The maximum Gasteiger partial charge on any atom is 0.322 e. The van der Waals surface area contributed by atoms with E-state index in [4.69, 9.17) is 9.15 Å². The predicted molar refractivity (Wildman–Crippen MR) is 112 cm³/mol. The molecule has 0 bridgehead atoms. The molecule has 1 aromatic carbocycles. The van der Waals surface area contributed by atoms with Crippen LogP contribution in [0.1, 0.15) is 17.0 Å². The zero-order valence-corrected chi connectivity index (χ0v) is 17.0. The SMILES string of the molecule is O=C(Nc1ccccc1)N1CCOC(CN2CCCN(C(=O)c3ccco3)CC2)C1. The lowest BCUT2D eigenvalue weighted by Gasteiger charge is -2.35. The van der Waals surface area contributed by atoms with Crippen LogP contribution in [0.25, 0.3) is 0 Å². The molecule has 1 aromatic heterocycles. The number of hydrogen-bond acceptors (Lipinski definition) is 5. The molecule has 160 valence electrons. The number of rotatable bonds is 4. The molecule has 2 aliphatic heterocycles. The lowest BCUT2D eigenvalue weighted by Crippen LogP contribution is -2.51. The third-order valence-corrected chi connectivity index (χ3v) is 5.52. The zero-order valence-electron chi connectivity index (χ0n) is 17.0. The topological polar surface area (TPSA) is 78.3 Å². The lowest BCUT2D eigenvalue weighted by molar-refractivity contribution is -0.0283. The highest BCUT2D eigenvalue weighted by Gasteiger charge is 2.28. The molecule has 1 unspecified atom stereocenters. The van der Waals surface area contributed by atoms with Gasteiger partial charge in [0, 0.05) is 45.0 Å². The molecule has 4 rings (SSSR count). The van der Waals surface area contributed by atoms with Gasteiger partial charge in [-0.05, 0) is 37.2 Å². The van der Waals surface area contributed by atoms with Crippen LogP contribution >= 0.6 is 0 Å². The molecule has 0 saturated carbocycles. The summed E-state index contributed by atoms with van der Waals surface area (Å²) in [5.41, 5.74) is 0.791. The van der Waals surface area contributed by atoms with Crippen LogP contribution in [0.4, 0.5) is 10.5 Å². The molecule has 0 radical (unpaired) electrons. The van der Waals surface area contributed by atoms with Gasteiger partial charge in [-0.3, -0.25) is 9.69 Å². The summed E-state index contributed by atoms with van der Waals surface area (Å²) in [6.07, 6.45) is 2.39. The Morgan fingerprint density at radius 3 is 2.63 bits per heavy atom. The molecule has 30 heavy (non-hydrogen) atoms. The van der Waals surface area contributed by atoms with Crippen LogP contribution in [0, 0.1) is 0 Å². The molecule has 8 nitrogen and oxygen atoms in total. The summed E-state index contributed by atoms with van der Waals surface area (Å²) in [6, 6.07) is 12.8. The fourth-order valence-electron chi connectivity index (χ4n) is 3.94. The van der Waals surface area contributed by atoms with E-state index in [-0.39, 0.29) is 18.0 Å². The van der Waals surface area contributed by atoms with Gasteiger partial charge in [0.1, 0.15) is 0 Å². The van der Waals surface area contributed by atoms with E-state index in [1.54, 1.807) is 12.1 Å². The van der Waals surface area contributed by atoms with Crippen molar-refractivity contribution in [1.29, 1.82) is 0 Å². The Morgan fingerprint density at radius 2 is 1.83 bits per heavy atom. The second kappa shape index (κ2) is 9.77. The maximum atomic E-state index is 12.6. The van der Waals surface area contributed by atoms with Crippen LogP contribution in [-0.4, -0.2) is 85.2 Å². The molecule has 1 atom stereocenters. The Labute approximate surface area is 176 Å². The number of para-hydroxylation sites is 1. The average Bonchev–Trinajstić information content (AvgIpc) is 3.21. The van der Waals surface area contributed by atoms with Gasteiger partial charge < -0.3 is 24.3 Å². The number of carbonyl (C=O) groups is 2. The van der Waals surface area contributed by atoms with E-state index in [2.05, 4.69) is 10.2 Å². The van der Waals surface area contributed by atoms with Gasteiger partial charge in [-0.15, -0.1) is 0 Å². The number of anilines is 1. The first-order valence-corrected chi connectivity index (χ1v) is 10.5. The first kappa shape index (κ1) is 20.4. The number of carbonyl (C=O) groups excluding carboxylic acids is 2. The average molecular weight is 412 g/mol. The summed E-state index contributed by atoms with van der Waals surface area (Å²) in [4.78, 5) is 31.1. The number of ether oxygens (including phenoxy) is 1. The van der Waals surface area contributed by atoms with Crippen molar-refractivity contribution in [2.24, 2.45) is 0 Å². The molecular formula is C22H28N4O4. The normalized spacial score (nSPS) is 20.6. The maximum absolute atomic E-state index is 12.6. The number of amides is 3. The van der Waals surface area contributed by atoms with Crippen molar-refractivity contribution in [2.75, 3.05) is 57.7 Å². The number of urea groups is 1. The zero-order chi connectivity index (χ0) is 20.8. The van der Waals surface area contributed by atoms with Crippen LogP contribution in [0.3, 0.4) is 0 Å². The third-order valence-electron chi connectivity index (χ3n) is 5.52. The Morgan fingerprint density at radius 1 is 0.967 bits per heavy atom. The summed E-state index contributed by atoms with van der Waals surface area (Å²) >= 11 is 0. The molecule has 0 spiro atoms. The lowest BCUT2D eigenvalue weighted by atomic mass is 10.2. The first-order chi connectivity index (χ1) is 14.7. The van der Waals surface area contributed by atoms with E-state index in [0.29, 0.717) is 38.5 Å². The van der Waals surface area contributed by atoms with Gasteiger partial charge in [0.15, 0.2) is 5.76 Å². The van der Waals surface area contributed by atoms with Crippen LogP contribution in [-0.2, 0) is 4.74 Å². The fourth-order valence-corrected chi connectivity index (χ4v) is 3.94. The summed E-state index contributed by atoms with van der Waals surface area (Å²) in [5, 5.41) is 2.94. The smallest absolute Gasteiger partial charge is 0.322 e. The molecular weight excluding hydrogens is 384 g/mol. The van der Waals surface area contributed by atoms with Crippen molar-refractivity contribution < 1.29 is 18.7 Å². The molecule has 3 amide bonds. The van der Waals surface area contributed by atoms with E-state index in [1.807, 2.05) is 40.1 Å². The van der Waals surface area contributed by atoms with Crippen LogP contribution < -0.4 is 5.32 Å². The molecule has 8 heteroatoms. The Hall–Kier alpha value is -2.84. The minimum Gasteiger partial charge on any atom is -0.459 e. The molecule has 2 aliphatic rings. The van der Waals surface area contributed by atoms with Gasteiger partial charge in [0.25, 0.3) is 5.91 Å². The highest BCUT2D eigenvalue weighted by atomic mass is 16.5. The van der Waals surface area contributed by atoms with Crippen LogP contribution in [0.15, 0.2) is 53.1 Å². The quantitative estimate of drug-likeness (QED) is 0.834. The summed E-state index contributed by atoms with van der Waals surface area (Å²) in [5.74, 6) is 0.332. The second-order valence-corrected chi connectivity index (χ2v) is 7.66. The molecule has 1 N–H and O–H groups in total. The fraction of sp³-hybridized carbons (Fsp3) is 0.455. The van der Waals surface area contributed by atoms with Crippen molar-refractivity contribution in [1.82, 2.24) is 14.7 Å². The van der Waals surface area contributed by atoms with Gasteiger partial charge >= 0.3 is 6.03 Å². The molecule has 0 aliphatic carbocycles. The number of benzene rings is 1. The van der Waals surface area contributed by atoms with Gasteiger partial charge in [-0.2, -0.15) is 0 Å². The molecule has 2 aromatic rings. The van der Waals surface area contributed by atoms with Gasteiger partial charge in [0.2, 0.25) is 0 Å². The van der Waals surface area contributed by atoms with Crippen LogP contribution in [0.2, 0.25) is 0 Å². The van der Waals surface area contributed by atoms with E-state index in [1.165, 1.54) is 6.26 Å². The number of furan rings is 1. The number of hydrogen-bond donors (Lipinski definition) is 1. The molecule has 2 fully saturated rings. The largest absolute Gasteiger partial charge is 0.459 e. The highest BCUT2D eigenvalue weighted by Crippen LogP contribution is 2.14. The summed E-state index contributed by atoms with van der Waals surface area (Å²) in [6.45, 7) is 5.48. The van der Waals surface area contributed by atoms with Gasteiger partial charge in [-0.1, -0.05) is 18.2 Å². The first-order valence-electron chi connectivity index (χ1n) is 10.5. The second-order valence-electron chi connectivity index (χ2n) is 7.66. The predicted octanol–water partition coefficient (Wildman–Crippen LogP) is 2.36. The summed E-state index contributed by atoms with van der Waals surface area (Å²) in [7, 11) is 0. The molecule has 3 heterocycles. The van der Waals surface area contributed by atoms with Crippen LogP contribution in [0.5, 0.6) is 0 Å². The number of morpholine rings is 1. The molecule has 2 saturated heterocycles. The number of nitrogens with one attached hydrogen (secondary N) is 1. The Balaban J connectivity index is 1.26. The van der Waals surface area contributed by atoms with Crippen molar-refractivity contribution in [3.63, 3.8) is 0 Å². The van der Waals surface area contributed by atoms with E-state index < -0.39 is 0 Å². The highest BCUT2D eigenvalue weighted by molar-refractivity contribution is 5.91. The van der Waals surface area contributed by atoms with Crippen molar-refractivity contribution in [2.45, 2.75) is 12.5 Å². The Bertz CT molecular complexity index is 827. The monoisotopic (exact) mass is 412 g/mol. The van der Waals surface area contributed by atoms with Crippen molar-refractivity contribution >= 4 is 17.6 Å². The van der Waals surface area contributed by atoms with Crippen molar-refractivity contribution in [3.05, 3.63) is 54.5 Å². The van der Waals surface area contributed by atoms with Crippen molar-refractivity contribution in [3.8, 4) is 0 Å². The summed E-state index contributed by atoms with van der Waals surface area (Å²) < 4.78 is 11.2. The van der Waals surface area contributed by atoms with E-state index >= 15 is 0 Å². The van der Waals surface area contributed by atoms with E-state index in [0.717, 1.165) is 31.7 Å². The Kier molecular flexibility index (Phi) is 6.66. The third kappa shape index (κ3) is 5.20. The van der Waals surface area contributed by atoms with Gasteiger partial charge in [-0.25, -0.2) is 4.79 Å². The van der Waals surface area contributed by atoms with Gasteiger partial charge in [0.05, 0.1) is 19.0 Å². The minimum atomic E-state index is -0.0967. The number of nitrogens with zero attached hydrogens (tertiary/aromatic N) is 3. The standard InChI is InChI=1S/C22H28N4O4/c27-21(20-8-4-14-30-20)25-10-5-9-24(11-12-25)16-19-17-26(13-15-29-19)22(28)23-18-6-2-1-3-7-18/h1-4,6-8,14,19H,5,9-13,15-17H2,(H,23,28).